The molecule has 0 amide bonds. The molecule has 0 N–H and O–H groups in total. The molecule has 52 heavy (non-hydrogen) atoms. The Hall–Kier alpha value is -6.31. The van der Waals surface area contributed by atoms with Crippen LogP contribution in [-0.2, 0) is 10.8 Å². The third kappa shape index (κ3) is 4.45. The highest BCUT2D eigenvalue weighted by Gasteiger charge is 2.53. The molecule has 1 heteroatoms. The number of rotatable bonds is 6. The van der Waals surface area contributed by atoms with Crippen molar-refractivity contribution >= 4 is 0 Å². The van der Waals surface area contributed by atoms with Crippen LogP contribution < -0.4 is 0 Å². The lowest BCUT2D eigenvalue weighted by Gasteiger charge is -2.37. The Kier molecular flexibility index (Phi) is 6.82. The number of pyridine rings is 1. The van der Waals surface area contributed by atoms with E-state index in [1.54, 1.807) is 0 Å². The Balaban J connectivity index is 1.31. The van der Waals surface area contributed by atoms with Gasteiger partial charge in [-0.3, -0.25) is 4.98 Å². The van der Waals surface area contributed by atoms with Crippen LogP contribution >= 0.6 is 0 Å². The van der Waals surface area contributed by atoms with Crippen LogP contribution in [0.25, 0.3) is 55.6 Å². The molecule has 0 bridgehead atoms. The number of hydrogen-bond donors (Lipinski definition) is 0. The molecule has 246 valence electrons. The summed E-state index contributed by atoms with van der Waals surface area (Å²) in [7, 11) is 0. The van der Waals surface area contributed by atoms with Crippen LogP contribution in [0.4, 0.5) is 0 Å². The van der Waals surface area contributed by atoms with Gasteiger partial charge >= 0.3 is 0 Å². The molecule has 8 aromatic rings. The fourth-order valence-corrected chi connectivity index (χ4v) is 9.06. The van der Waals surface area contributed by atoms with E-state index in [1.165, 1.54) is 77.9 Å². The molecule has 7 aromatic carbocycles. The average molecular weight is 664 g/mol. The van der Waals surface area contributed by atoms with Crippen LogP contribution in [0, 0.1) is 0 Å². The van der Waals surface area contributed by atoms with E-state index in [2.05, 4.69) is 189 Å². The van der Waals surface area contributed by atoms with Crippen LogP contribution in [0.2, 0.25) is 0 Å². The topological polar surface area (TPSA) is 12.9 Å². The predicted molar refractivity (Wildman–Crippen MR) is 215 cm³/mol. The van der Waals surface area contributed by atoms with Gasteiger partial charge in [0.1, 0.15) is 0 Å². The van der Waals surface area contributed by atoms with Gasteiger partial charge in [-0.25, -0.2) is 0 Å². The minimum absolute atomic E-state index is 0.169. The van der Waals surface area contributed by atoms with Gasteiger partial charge in [-0.05, 0) is 119 Å². The van der Waals surface area contributed by atoms with E-state index >= 15 is 0 Å². The van der Waals surface area contributed by atoms with E-state index in [1.807, 2.05) is 18.5 Å². The third-order valence-electron chi connectivity index (χ3n) is 11.6. The Morgan fingerprint density at radius 3 is 1.13 bits per heavy atom. The molecule has 0 saturated heterocycles. The third-order valence-corrected chi connectivity index (χ3v) is 11.6. The molecule has 1 aromatic heterocycles. The lowest BCUT2D eigenvalue weighted by molar-refractivity contribution is 0.652. The van der Waals surface area contributed by atoms with E-state index < -0.39 is 5.41 Å². The zero-order valence-electron chi connectivity index (χ0n) is 29.3. The zero-order chi connectivity index (χ0) is 34.9. The average Bonchev–Trinajstić information content (AvgIpc) is 3.64. The van der Waals surface area contributed by atoms with Crippen LogP contribution in [0.5, 0.6) is 0 Å². The van der Waals surface area contributed by atoms with Crippen molar-refractivity contribution in [2.75, 3.05) is 0 Å². The molecule has 2 aliphatic rings. The molecule has 0 radical (unpaired) electrons. The lowest BCUT2D eigenvalue weighted by atomic mass is 9.64. The van der Waals surface area contributed by atoms with E-state index in [0.29, 0.717) is 0 Å². The first-order chi connectivity index (χ1) is 25.5. The molecular weight excluding hydrogens is 627 g/mol. The summed E-state index contributed by atoms with van der Waals surface area (Å²) in [5.41, 5.74) is 19.9. The molecule has 1 heterocycles. The maximum absolute atomic E-state index is 4.42. The smallest absolute Gasteiger partial charge is 0.0714 e. The second kappa shape index (κ2) is 11.6. The molecule has 0 saturated carbocycles. The molecule has 0 fully saturated rings. The van der Waals surface area contributed by atoms with Crippen molar-refractivity contribution in [1.29, 1.82) is 0 Å². The summed E-state index contributed by atoms with van der Waals surface area (Å²) >= 11 is 0. The first-order valence-corrected chi connectivity index (χ1v) is 18.2. The molecule has 1 nitrogen and oxygen atoms in total. The van der Waals surface area contributed by atoms with Gasteiger partial charge in [-0.1, -0.05) is 159 Å². The zero-order valence-corrected chi connectivity index (χ0v) is 29.3. The number of aromatic nitrogens is 1. The van der Waals surface area contributed by atoms with Gasteiger partial charge < -0.3 is 0 Å². The first-order valence-electron chi connectivity index (χ1n) is 18.2. The first kappa shape index (κ1) is 30.5. The Morgan fingerprint density at radius 1 is 0.346 bits per heavy atom. The van der Waals surface area contributed by atoms with Crippen molar-refractivity contribution in [3.05, 3.63) is 222 Å². The standard InChI is InChI=1S/C51H37N/c1-50(2)44-29-40(35-15-8-4-9-16-35)31-46-48(44)49-45(50)30-41(36-17-10-5-11-18-36)32-47(49)51(46,42-24-20-37(21-25-42)34-13-6-3-7-14-34)43-26-22-38(23-27-43)39-19-12-28-52-33-39/h3-33H,1-2H3. The number of nitrogens with zero attached hydrogens (tertiary/aromatic N) is 1. The minimum atomic E-state index is -0.553. The summed E-state index contributed by atoms with van der Waals surface area (Å²) in [6.45, 7) is 4.83. The number of benzene rings is 7. The summed E-state index contributed by atoms with van der Waals surface area (Å²) < 4.78 is 0. The van der Waals surface area contributed by atoms with Gasteiger partial charge in [-0.15, -0.1) is 0 Å². The quantitative estimate of drug-likeness (QED) is 0.173. The number of hydrogen-bond acceptors (Lipinski definition) is 1. The molecule has 0 aliphatic heterocycles. The molecule has 0 atom stereocenters. The van der Waals surface area contributed by atoms with Gasteiger partial charge in [0, 0.05) is 17.8 Å². The summed E-state index contributed by atoms with van der Waals surface area (Å²) in [6.07, 6.45) is 3.78. The SMILES string of the molecule is CC1(C)c2cc(-c3ccccc3)cc3c2-c2c1cc(-c1ccccc1)cc2C3(c1ccc(-c2ccccc2)cc1)c1ccc(-c2cccnc2)cc1. The van der Waals surface area contributed by atoms with Crippen molar-refractivity contribution in [2.45, 2.75) is 24.7 Å². The summed E-state index contributed by atoms with van der Waals surface area (Å²) in [4.78, 5) is 4.42. The maximum atomic E-state index is 4.42. The minimum Gasteiger partial charge on any atom is -0.264 e. The van der Waals surface area contributed by atoms with Crippen LogP contribution in [0.3, 0.4) is 0 Å². The van der Waals surface area contributed by atoms with E-state index in [4.69, 9.17) is 0 Å². The molecule has 0 spiro atoms. The van der Waals surface area contributed by atoms with Crippen molar-refractivity contribution in [3.8, 4) is 55.6 Å². The second-order valence-corrected chi connectivity index (χ2v) is 14.8. The van der Waals surface area contributed by atoms with Crippen molar-refractivity contribution in [3.63, 3.8) is 0 Å². The van der Waals surface area contributed by atoms with Crippen molar-refractivity contribution in [1.82, 2.24) is 4.98 Å². The predicted octanol–water partition coefficient (Wildman–Crippen LogP) is 12.8. The van der Waals surface area contributed by atoms with E-state index in [0.717, 1.165) is 11.1 Å². The monoisotopic (exact) mass is 663 g/mol. The fourth-order valence-electron chi connectivity index (χ4n) is 9.06. The highest BCUT2D eigenvalue weighted by molar-refractivity contribution is 5.98. The Morgan fingerprint density at radius 2 is 0.712 bits per heavy atom. The van der Waals surface area contributed by atoms with Crippen LogP contribution in [0.15, 0.2) is 188 Å². The van der Waals surface area contributed by atoms with Crippen molar-refractivity contribution in [2.24, 2.45) is 0 Å². The molecular formula is C51H37N. The van der Waals surface area contributed by atoms with E-state index in [-0.39, 0.29) is 5.41 Å². The molecule has 0 unspecified atom stereocenters. The highest BCUT2D eigenvalue weighted by Crippen LogP contribution is 2.65. The second-order valence-electron chi connectivity index (χ2n) is 14.8. The maximum Gasteiger partial charge on any atom is 0.0714 e. The van der Waals surface area contributed by atoms with E-state index in [9.17, 15) is 0 Å². The molecule has 2 aliphatic carbocycles. The van der Waals surface area contributed by atoms with Gasteiger partial charge in [0.15, 0.2) is 0 Å². The van der Waals surface area contributed by atoms with Gasteiger partial charge in [-0.2, -0.15) is 0 Å². The van der Waals surface area contributed by atoms with Gasteiger partial charge in [0.25, 0.3) is 0 Å². The lowest BCUT2D eigenvalue weighted by Crippen LogP contribution is -2.30. The van der Waals surface area contributed by atoms with Gasteiger partial charge in [0.05, 0.1) is 5.41 Å². The van der Waals surface area contributed by atoms with Crippen LogP contribution in [0.1, 0.15) is 47.2 Å². The fraction of sp³-hybridized carbons (Fsp3) is 0.0784. The largest absolute Gasteiger partial charge is 0.264 e. The summed E-state index contributed by atoms with van der Waals surface area (Å²) in [5, 5.41) is 0. The Labute approximate surface area is 305 Å². The molecule has 10 rings (SSSR count). The van der Waals surface area contributed by atoms with Gasteiger partial charge in [0.2, 0.25) is 0 Å². The normalized spacial score (nSPS) is 14.3. The summed E-state index contributed by atoms with van der Waals surface area (Å²) in [5.74, 6) is 0. The Bertz CT molecular complexity index is 2400. The highest BCUT2D eigenvalue weighted by atomic mass is 14.6. The van der Waals surface area contributed by atoms with Crippen molar-refractivity contribution < 1.29 is 0 Å². The van der Waals surface area contributed by atoms with Crippen LogP contribution in [-0.4, -0.2) is 4.98 Å². The summed E-state index contributed by atoms with van der Waals surface area (Å²) in [6, 6.07) is 65.3.